The van der Waals surface area contributed by atoms with E-state index in [2.05, 4.69) is 15.7 Å². The lowest BCUT2D eigenvalue weighted by Crippen LogP contribution is -2.52. The number of carbonyl (C=O) groups excluding carboxylic acids is 1. The Morgan fingerprint density at radius 2 is 1.95 bits per heavy atom. The molecule has 0 unspecified atom stereocenters. The number of halogens is 1. The summed E-state index contributed by atoms with van der Waals surface area (Å²) in [6, 6.07) is 9.73. The zero-order chi connectivity index (χ0) is 14.7. The molecule has 118 valence electrons. The monoisotopic (exact) mass is 320 g/mol. The number of rotatable bonds is 3. The number of carbonyl (C=O) groups is 1. The molecule has 3 rings (SSSR count). The fraction of sp³-hybridized carbons (Fsp3) is 0.375. The van der Waals surface area contributed by atoms with Gasteiger partial charge in [0.1, 0.15) is 5.54 Å². The summed E-state index contributed by atoms with van der Waals surface area (Å²) in [4.78, 5) is 12.9. The van der Waals surface area contributed by atoms with Crippen molar-refractivity contribution in [2.24, 2.45) is 0 Å². The van der Waals surface area contributed by atoms with Crippen molar-refractivity contribution in [3.8, 4) is 0 Å². The van der Waals surface area contributed by atoms with E-state index < -0.39 is 5.54 Å². The van der Waals surface area contributed by atoms with Crippen molar-refractivity contribution in [1.82, 2.24) is 15.1 Å². The van der Waals surface area contributed by atoms with Gasteiger partial charge in [0.15, 0.2) is 0 Å². The molecule has 1 aromatic heterocycles. The van der Waals surface area contributed by atoms with E-state index in [1.807, 2.05) is 43.5 Å². The van der Waals surface area contributed by atoms with Gasteiger partial charge in [-0.05, 0) is 51.1 Å². The third-order valence-corrected chi connectivity index (χ3v) is 4.11. The van der Waals surface area contributed by atoms with Crippen LogP contribution < -0.4 is 10.6 Å². The van der Waals surface area contributed by atoms with Gasteiger partial charge in [0, 0.05) is 18.1 Å². The quantitative estimate of drug-likeness (QED) is 0.912. The highest BCUT2D eigenvalue weighted by molar-refractivity contribution is 5.96. The van der Waals surface area contributed by atoms with E-state index in [1.54, 1.807) is 10.9 Å². The van der Waals surface area contributed by atoms with Crippen molar-refractivity contribution in [3.63, 3.8) is 0 Å². The molecule has 5 nitrogen and oxygen atoms in total. The predicted molar refractivity (Wildman–Crippen MR) is 89.4 cm³/mol. The summed E-state index contributed by atoms with van der Waals surface area (Å²) in [6.07, 6.45) is 5.09. The maximum Gasteiger partial charge on any atom is 0.252 e. The molecule has 0 bridgehead atoms. The number of anilines is 1. The van der Waals surface area contributed by atoms with Crippen LogP contribution in [0.2, 0.25) is 0 Å². The first-order chi connectivity index (χ1) is 10.2. The number of benzene rings is 1. The Hall–Kier alpha value is -1.85. The lowest BCUT2D eigenvalue weighted by Gasteiger charge is -2.36. The molecule has 0 aliphatic carbocycles. The average Bonchev–Trinajstić information content (AvgIpc) is 3.05. The normalized spacial score (nSPS) is 16.6. The van der Waals surface area contributed by atoms with E-state index in [0.29, 0.717) is 0 Å². The van der Waals surface area contributed by atoms with E-state index >= 15 is 0 Å². The SMILES string of the molecule is Cc1ccc(NC(=O)C2(n3cccn3)CCNCC2)cc1.Cl. The van der Waals surface area contributed by atoms with Gasteiger partial charge in [0.05, 0.1) is 0 Å². The smallest absolute Gasteiger partial charge is 0.252 e. The van der Waals surface area contributed by atoms with Gasteiger partial charge in [0.25, 0.3) is 5.91 Å². The molecule has 1 saturated heterocycles. The minimum atomic E-state index is -0.598. The Bertz CT molecular complexity index is 604. The molecule has 1 aromatic carbocycles. The van der Waals surface area contributed by atoms with Gasteiger partial charge in [-0.2, -0.15) is 5.10 Å². The zero-order valence-corrected chi connectivity index (χ0v) is 13.4. The largest absolute Gasteiger partial charge is 0.324 e. The second-order valence-corrected chi connectivity index (χ2v) is 5.55. The third kappa shape index (κ3) is 3.15. The number of hydrogen-bond donors (Lipinski definition) is 2. The van der Waals surface area contributed by atoms with Crippen molar-refractivity contribution >= 4 is 24.0 Å². The van der Waals surface area contributed by atoms with Crippen LogP contribution in [-0.4, -0.2) is 28.8 Å². The highest BCUT2D eigenvalue weighted by Crippen LogP contribution is 2.28. The molecule has 2 aromatic rings. The van der Waals surface area contributed by atoms with Crippen LogP contribution in [0.15, 0.2) is 42.7 Å². The molecule has 0 saturated carbocycles. The Morgan fingerprint density at radius 1 is 1.27 bits per heavy atom. The minimum Gasteiger partial charge on any atom is -0.324 e. The van der Waals surface area contributed by atoms with Gasteiger partial charge in [-0.3, -0.25) is 9.48 Å². The van der Waals surface area contributed by atoms with Crippen LogP contribution in [0.25, 0.3) is 0 Å². The first kappa shape index (κ1) is 16.5. The lowest BCUT2D eigenvalue weighted by molar-refractivity contribution is -0.126. The highest BCUT2D eigenvalue weighted by atomic mass is 35.5. The van der Waals surface area contributed by atoms with E-state index in [0.717, 1.165) is 31.6 Å². The standard InChI is InChI=1S/C16H20N4O.ClH/c1-13-3-5-14(6-4-13)19-15(21)16(7-10-17-11-8-16)20-12-2-9-18-20;/h2-6,9,12,17H,7-8,10-11H2,1H3,(H,19,21);1H. The number of aromatic nitrogens is 2. The summed E-state index contributed by atoms with van der Waals surface area (Å²) in [5.41, 5.74) is 1.41. The molecule has 0 atom stereocenters. The van der Waals surface area contributed by atoms with Gasteiger partial charge in [0.2, 0.25) is 0 Å². The van der Waals surface area contributed by atoms with Crippen LogP contribution in [0.4, 0.5) is 5.69 Å². The first-order valence-corrected chi connectivity index (χ1v) is 7.30. The van der Waals surface area contributed by atoms with E-state index in [-0.39, 0.29) is 18.3 Å². The minimum absolute atomic E-state index is 0. The molecule has 2 heterocycles. The van der Waals surface area contributed by atoms with E-state index in [9.17, 15) is 4.79 Å². The number of nitrogens with one attached hydrogen (secondary N) is 2. The molecular weight excluding hydrogens is 300 g/mol. The Balaban J connectivity index is 0.00000176. The van der Waals surface area contributed by atoms with Gasteiger partial charge >= 0.3 is 0 Å². The van der Waals surface area contributed by atoms with Gasteiger partial charge in [-0.1, -0.05) is 17.7 Å². The molecule has 6 heteroatoms. The van der Waals surface area contributed by atoms with Crippen LogP contribution >= 0.6 is 12.4 Å². The Labute approximate surface area is 136 Å². The lowest BCUT2D eigenvalue weighted by atomic mass is 9.87. The Kier molecular flexibility index (Phi) is 5.21. The van der Waals surface area contributed by atoms with Crippen LogP contribution in [0, 0.1) is 6.92 Å². The number of nitrogens with zero attached hydrogens (tertiary/aromatic N) is 2. The topological polar surface area (TPSA) is 59.0 Å². The fourth-order valence-corrected chi connectivity index (χ4v) is 2.81. The number of aryl methyl sites for hydroxylation is 1. The molecular formula is C16H21ClN4O. The highest BCUT2D eigenvalue weighted by Gasteiger charge is 2.41. The Morgan fingerprint density at radius 3 is 2.55 bits per heavy atom. The fourth-order valence-electron chi connectivity index (χ4n) is 2.81. The molecule has 0 spiro atoms. The van der Waals surface area contributed by atoms with E-state index in [1.165, 1.54) is 5.56 Å². The zero-order valence-electron chi connectivity index (χ0n) is 12.6. The molecule has 0 radical (unpaired) electrons. The van der Waals surface area contributed by atoms with Crippen molar-refractivity contribution in [2.45, 2.75) is 25.3 Å². The van der Waals surface area contributed by atoms with Crippen molar-refractivity contribution < 1.29 is 4.79 Å². The first-order valence-electron chi connectivity index (χ1n) is 7.30. The molecule has 1 fully saturated rings. The molecule has 1 amide bonds. The number of amides is 1. The van der Waals surface area contributed by atoms with Crippen molar-refractivity contribution in [3.05, 3.63) is 48.3 Å². The number of piperidine rings is 1. The van der Waals surface area contributed by atoms with Crippen LogP contribution in [0.5, 0.6) is 0 Å². The van der Waals surface area contributed by atoms with Crippen LogP contribution in [-0.2, 0) is 10.3 Å². The summed E-state index contributed by atoms with van der Waals surface area (Å²) < 4.78 is 1.80. The van der Waals surface area contributed by atoms with Crippen molar-refractivity contribution in [1.29, 1.82) is 0 Å². The summed E-state index contributed by atoms with van der Waals surface area (Å²) in [5.74, 6) is 0.0107. The molecule has 1 aliphatic rings. The van der Waals surface area contributed by atoms with Gasteiger partial charge in [-0.25, -0.2) is 0 Å². The summed E-state index contributed by atoms with van der Waals surface area (Å²) in [5, 5.41) is 10.7. The predicted octanol–water partition coefficient (Wildman–Crippen LogP) is 2.33. The summed E-state index contributed by atoms with van der Waals surface area (Å²) in [6.45, 7) is 3.67. The second kappa shape index (κ2) is 6.94. The maximum absolute atomic E-state index is 12.9. The molecule has 1 aliphatic heterocycles. The summed E-state index contributed by atoms with van der Waals surface area (Å²) >= 11 is 0. The van der Waals surface area contributed by atoms with Crippen LogP contribution in [0.1, 0.15) is 18.4 Å². The number of hydrogen-bond acceptors (Lipinski definition) is 3. The second-order valence-electron chi connectivity index (χ2n) is 5.55. The maximum atomic E-state index is 12.9. The summed E-state index contributed by atoms with van der Waals surface area (Å²) in [7, 11) is 0. The third-order valence-electron chi connectivity index (χ3n) is 4.11. The van der Waals surface area contributed by atoms with Crippen molar-refractivity contribution in [2.75, 3.05) is 18.4 Å². The van der Waals surface area contributed by atoms with Crippen LogP contribution in [0.3, 0.4) is 0 Å². The average molecular weight is 321 g/mol. The van der Waals surface area contributed by atoms with E-state index in [4.69, 9.17) is 0 Å². The molecule has 22 heavy (non-hydrogen) atoms. The van der Waals surface area contributed by atoms with Gasteiger partial charge in [-0.15, -0.1) is 12.4 Å². The van der Waals surface area contributed by atoms with Gasteiger partial charge < -0.3 is 10.6 Å². The molecule has 2 N–H and O–H groups in total.